The average Bonchev–Trinajstić information content (AvgIpc) is 2.71. The molecule has 4 rings (SSSR count). The van der Waals surface area contributed by atoms with Crippen LogP contribution in [0.2, 0.25) is 0 Å². The molecule has 10 heteroatoms. The Bertz CT molecular complexity index is 1030. The van der Waals surface area contributed by atoms with Gasteiger partial charge in [0.1, 0.15) is 29.6 Å². The molecule has 0 radical (unpaired) electrons. The molecule has 1 atom stereocenters. The first-order valence-corrected chi connectivity index (χ1v) is 11.7. The Hall–Kier alpha value is -2.82. The topological polar surface area (TPSA) is 127 Å². The third kappa shape index (κ3) is 4.82. The van der Waals surface area contributed by atoms with Crippen molar-refractivity contribution in [1.29, 1.82) is 0 Å². The summed E-state index contributed by atoms with van der Waals surface area (Å²) in [6.07, 6.45) is 7.06. The number of anilines is 3. The van der Waals surface area contributed by atoms with Crippen molar-refractivity contribution in [3.63, 3.8) is 0 Å². The number of allylic oxidation sites excluding steroid dienone is 2. The van der Waals surface area contributed by atoms with E-state index in [1.54, 1.807) is 24.0 Å². The number of hydrogen-bond acceptors (Lipinski definition) is 10. The molecular weight excluding hydrogens is 424 g/mol. The van der Waals surface area contributed by atoms with Gasteiger partial charge in [0.15, 0.2) is 0 Å². The molecule has 0 saturated carbocycles. The molecule has 2 fully saturated rings. The molecular formula is C22H30N8OS. The number of thioether (sulfide) groups is 1. The highest BCUT2D eigenvalue weighted by molar-refractivity contribution is 7.98. The van der Waals surface area contributed by atoms with Gasteiger partial charge >= 0.3 is 0 Å². The second kappa shape index (κ2) is 9.35. The maximum Gasteiger partial charge on any atom is 0.145 e. The number of nitrogens with zero attached hydrogens (tertiary/aromatic N) is 4. The van der Waals surface area contributed by atoms with E-state index in [1.807, 2.05) is 31.4 Å². The molecule has 1 spiro atoms. The lowest BCUT2D eigenvalue weighted by Gasteiger charge is -2.57. The fourth-order valence-corrected chi connectivity index (χ4v) is 4.47. The standard InChI is InChI=1S/C22H30N8OS/c1-14(20(24)15(2)30-9-22(10-30)11-31-12-22)7-17(23)28-18-8-19(27-13-26-18)29-21-16(32-3)5-4-6-25-21/h4-8,13,15H,9-12,23-24H2,1-3H3,(H2,25,26,27,28,29)/b17-7+,20-14-. The van der Waals surface area contributed by atoms with Crippen LogP contribution in [0.3, 0.4) is 0 Å². The van der Waals surface area contributed by atoms with Crippen LogP contribution in [-0.2, 0) is 4.74 Å². The highest BCUT2D eigenvalue weighted by Crippen LogP contribution is 2.39. The zero-order valence-corrected chi connectivity index (χ0v) is 19.4. The summed E-state index contributed by atoms with van der Waals surface area (Å²) in [5.74, 6) is 2.40. The minimum absolute atomic E-state index is 0.157. The van der Waals surface area contributed by atoms with Gasteiger partial charge in [0, 0.05) is 47.4 Å². The van der Waals surface area contributed by atoms with E-state index < -0.39 is 0 Å². The van der Waals surface area contributed by atoms with Gasteiger partial charge in [0.05, 0.1) is 13.2 Å². The van der Waals surface area contributed by atoms with Crippen molar-refractivity contribution in [2.24, 2.45) is 16.9 Å². The zero-order valence-electron chi connectivity index (χ0n) is 18.6. The van der Waals surface area contributed by atoms with Crippen LogP contribution in [0.1, 0.15) is 13.8 Å². The van der Waals surface area contributed by atoms with Crippen molar-refractivity contribution in [2.45, 2.75) is 24.8 Å². The Morgan fingerprint density at radius 1 is 1.25 bits per heavy atom. The number of pyridine rings is 1. The molecule has 0 amide bonds. The van der Waals surface area contributed by atoms with Gasteiger partial charge in [-0.05, 0) is 43.9 Å². The third-order valence-corrected chi connectivity index (χ3v) is 6.66. The van der Waals surface area contributed by atoms with E-state index in [0.717, 1.165) is 48.3 Å². The Balaban J connectivity index is 1.40. The molecule has 2 aliphatic heterocycles. The molecule has 2 saturated heterocycles. The van der Waals surface area contributed by atoms with Crippen LogP contribution in [0.5, 0.6) is 0 Å². The van der Waals surface area contributed by atoms with Gasteiger partial charge in [-0.15, -0.1) is 11.8 Å². The van der Waals surface area contributed by atoms with Crippen LogP contribution in [0, 0.1) is 5.41 Å². The van der Waals surface area contributed by atoms with Crippen LogP contribution in [0.25, 0.3) is 0 Å². The minimum atomic E-state index is 0.157. The molecule has 2 aromatic rings. The molecule has 6 N–H and O–H groups in total. The van der Waals surface area contributed by atoms with Crippen molar-refractivity contribution in [1.82, 2.24) is 19.9 Å². The molecule has 32 heavy (non-hydrogen) atoms. The fraction of sp³-hybridized carbons (Fsp3) is 0.409. The highest BCUT2D eigenvalue weighted by Gasteiger charge is 2.50. The summed E-state index contributed by atoms with van der Waals surface area (Å²) in [4.78, 5) is 16.3. The van der Waals surface area contributed by atoms with Gasteiger partial charge in [0.2, 0.25) is 0 Å². The molecule has 4 heterocycles. The van der Waals surface area contributed by atoms with Gasteiger partial charge in [-0.3, -0.25) is 4.90 Å². The number of aromatic nitrogens is 3. The van der Waals surface area contributed by atoms with Crippen LogP contribution < -0.4 is 22.1 Å². The maximum atomic E-state index is 6.43. The first kappa shape index (κ1) is 22.4. The number of hydrogen-bond donors (Lipinski definition) is 4. The smallest absolute Gasteiger partial charge is 0.145 e. The summed E-state index contributed by atoms with van der Waals surface area (Å²) in [5.41, 5.74) is 14.8. The van der Waals surface area contributed by atoms with Crippen LogP contribution in [-0.4, -0.2) is 58.5 Å². The van der Waals surface area contributed by atoms with E-state index in [2.05, 4.69) is 37.4 Å². The Morgan fingerprint density at radius 2 is 2.00 bits per heavy atom. The van der Waals surface area contributed by atoms with Crippen LogP contribution in [0.4, 0.5) is 17.5 Å². The second-order valence-electron chi connectivity index (χ2n) is 8.40. The minimum Gasteiger partial charge on any atom is -0.401 e. The molecule has 0 aromatic carbocycles. The summed E-state index contributed by atoms with van der Waals surface area (Å²) >= 11 is 1.61. The Kier molecular flexibility index (Phi) is 6.54. The fourth-order valence-electron chi connectivity index (χ4n) is 3.95. The maximum absolute atomic E-state index is 6.43. The molecule has 0 bridgehead atoms. The van der Waals surface area contributed by atoms with Crippen molar-refractivity contribution < 1.29 is 4.74 Å². The zero-order chi connectivity index (χ0) is 22.7. The predicted octanol–water partition coefficient (Wildman–Crippen LogP) is 2.50. The lowest BCUT2D eigenvalue weighted by molar-refractivity contribution is -0.194. The quantitative estimate of drug-likeness (QED) is 0.349. The van der Waals surface area contributed by atoms with Gasteiger partial charge in [-0.1, -0.05) is 0 Å². The third-order valence-electron chi connectivity index (χ3n) is 5.90. The first-order chi connectivity index (χ1) is 15.4. The van der Waals surface area contributed by atoms with E-state index in [9.17, 15) is 0 Å². The number of nitrogens with one attached hydrogen (secondary N) is 2. The second-order valence-corrected chi connectivity index (χ2v) is 9.25. The number of nitrogens with two attached hydrogens (primary N) is 2. The molecule has 170 valence electrons. The lowest BCUT2D eigenvalue weighted by atomic mass is 9.77. The summed E-state index contributed by atoms with van der Waals surface area (Å²) in [5, 5.41) is 6.34. The van der Waals surface area contributed by atoms with E-state index in [-0.39, 0.29) is 6.04 Å². The predicted molar refractivity (Wildman–Crippen MR) is 128 cm³/mol. The Morgan fingerprint density at radius 3 is 2.69 bits per heavy atom. The van der Waals surface area contributed by atoms with Crippen LogP contribution >= 0.6 is 11.8 Å². The number of likely N-dealkylation sites (tertiary alicyclic amines) is 1. The highest BCUT2D eigenvalue weighted by atomic mass is 32.2. The molecule has 0 aliphatic carbocycles. The molecule has 9 nitrogen and oxygen atoms in total. The summed E-state index contributed by atoms with van der Waals surface area (Å²) in [6.45, 7) is 7.90. The molecule has 2 aromatic heterocycles. The average molecular weight is 455 g/mol. The molecule has 2 aliphatic rings. The van der Waals surface area contributed by atoms with Gasteiger partial charge < -0.3 is 26.8 Å². The normalized spacial score (nSPS) is 19.5. The number of rotatable bonds is 8. The van der Waals surface area contributed by atoms with Crippen LogP contribution in [0.15, 0.2) is 58.8 Å². The van der Waals surface area contributed by atoms with Gasteiger partial charge in [-0.25, -0.2) is 15.0 Å². The van der Waals surface area contributed by atoms with Gasteiger partial charge in [0.25, 0.3) is 0 Å². The first-order valence-electron chi connectivity index (χ1n) is 10.5. The van der Waals surface area contributed by atoms with E-state index in [4.69, 9.17) is 16.2 Å². The Labute approximate surface area is 192 Å². The summed E-state index contributed by atoms with van der Waals surface area (Å²) in [6, 6.07) is 5.84. The summed E-state index contributed by atoms with van der Waals surface area (Å²) < 4.78 is 5.35. The number of ether oxygens (including phenoxy) is 1. The van der Waals surface area contributed by atoms with E-state index in [0.29, 0.717) is 22.9 Å². The van der Waals surface area contributed by atoms with Crippen molar-refractivity contribution >= 4 is 29.2 Å². The van der Waals surface area contributed by atoms with Crippen molar-refractivity contribution in [2.75, 3.05) is 43.2 Å². The molecule has 1 unspecified atom stereocenters. The van der Waals surface area contributed by atoms with E-state index in [1.165, 1.54) is 6.33 Å². The van der Waals surface area contributed by atoms with E-state index >= 15 is 0 Å². The lowest BCUT2D eigenvalue weighted by Crippen LogP contribution is -2.68. The van der Waals surface area contributed by atoms with Crippen molar-refractivity contribution in [3.8, 4) is 0 Å². The summed E-state index contributed by atoms with van der Waals surface area (Å²) in [7, 11) is 0. The van der Waals surface area contributed by atoms with Crippen molar-refractivity contribution in [3.05, 3.63) is 53.9 Å². The monoisotopic (exact) mass is 454 g/mol. The SMILES string of the molecule is CSc1cccnc1Nc1cc(N/C(N)=C/C(C)=C(\N)C(C)N2CC3(COC3)C2)ncn1. The van der Waals surface area contributed by atoms with Gasteiger partial charge in [-0.2, -0.15) is 0 Å². The largest absolute Gasteiger partial charge is 0.401 e.